The number of benzene rings is 3. The highest BCUT2D eigenvalue weighted by Crippen LogP contribution is 2.51. The van der Waals surface area contributed by atoms with Gasteiger partial charge in [0.25, 0.3) is 0 Å². The molecule has 12 heteroatoms. The van der Waals surface area contributed by atoms with Crippen LogP contribution in [0.15, 0.2) is 0 Å². The van der Waals surface area contributed by atoms with E-state index in [1.54, 1.807) is 6.92 Å². The molecule has 0 unspecified atom stereocenters. The predicted molar refractivity (Wildman–Crippen MR) is 168 cm³/mol. The Bertz CT molecular complexity index is 1620. The van der Waals surface area contributed by atoms with Crippen molar-refractivity contribution in [1.82, 2.24) is 0 Å². The van der Waals surface area contributed by atoms with Crippen LogP contribution in [-0.4, -0.2) is 67.3 Å². The maximum atomic E-state index is 13.2. The molecule has 3 rings (SSSR count). The highest BCUT2D eigenvalue weighted by Gasteiger charge is 2.33. The number of hydrogen-bond acceptors (Lipinski definition) is 12. The molecule has 0 atom stereocenters. The van der Waals surface area contributed by atoms with E-state index >= 15 is 0 Å². The zero-order valence-electron chi connectivity index (χ0n) is 26.9. The summed E-state index contributed by atoms with van der Waals surface area (Å²) in [5, 5.41) is 78.1. The third kappa shape index (κ3) is 5.82. The highest BCUT2D eigenvalue weighted by atomic mass is 16.5. The van der Waals surface area contributed by atoms with Gasteiger partial charge in [-0.3, -0.25) is 14.4 Å². The van der Waals surface area contributed by atoms with Gasteiger partial charge in [0.2, 0.25) is 0 Å². The number of Topliss-reactive ketones (excluding diaryl/α,β-unsaturated/α-hetero) is 3. The Labute approximate surface area is 266 Å². The number of carbonyl (C=O) groups is 3. The van der Waals surface area contributed by atoms with Crippen molar-refractivity contribution < 1.29 is 59.6 Å². The molecule has 248 valence electrons. The van der Waals surface area contributed by atoms with E-state index in [4.69, 9.17) is 9.47 Å². The number of methoxy groups -OCH3 is 2. The van der Waals surface area contributed by atoms with Crippen LogP contribution in [0.3, 0.4) is 0 Å². The van der Waals surface area contributed by atoms with Gasteiger partial charge in [-0.05, 0) is 20.3 Å². The zero-order valence-corrected chi connectivity index (χ0v) is 26.9. The fraction of sp³-hybridized carbons (Fsp3) is 0.382. The van der Waals surface area contributed by atoms with Crippen molar-refractivity contribution in [2.24, 2.45) is 0 Å². The zero-order chi connectivity index (χ0) is 34.8. The van der Waals surface area contributed by atoms with E-state index in [-0.39, 0.29) is 64.1 Å². The molecule has 7 N–H and O–H groups in total. The second kappa shape index (κ2) is 13.9. The van der Waals surface area contributed by atoms with Crippen molar-refractivity contribution in [3.8, 4) is 51.7 Å². The van der Waals surface area contributed by atoms with E-state index in [0.29, 0.717) is 6.42 Å². The number of phenolic OH excluding ortho intramolecular Hbond substituents is 7. The van der Waals surface area contributed by atoms with Crippen molar-refractivity contribution >= 4 is 17.3 Å². The third-order valence-electron chi connectivity index (χ3n) is 8.15. The quantitative estimate of drug-likeness (QED) is 0.114. The van der Waals surface area contributed by atoms with Gasteiger partial charge in [-0.2, -0.15) is 0 Å². The second-order valence-corrected chi connectivity index (χ2v) is 10.9. The first kappa shape index (κ1) is 35.4. The molecule has 12 nitrogen and oxygen atoms in total. The number of rotatable bonds is 13. The number of ether oxygens (including phenoxy) is 2. The Morgan fingerprint density at radius 1 is 0.500 bits per heavy atom. The number of phenols is 7. The van der Waals surface area contributed by atoms with Crippen LogP contribution in [0.1, 0.15) is 111 Å². The summed E-state index contributed by atoms with van der Waals surface area (Å²) >= 11 is 0. The summed E-state index contributed by atoms with van der Waals surface area (Å²) in [7, 11) is 2.50. The van der Waals surface area contributed by atoms with Crippen molar-refractivity contribution in [3.63, 3.8) is 0 Å². The van der Waals surface area contributed by atoms with Gasteiger partial charge < -0.3 is 45.2 Å². The minimum atomic E-state index is -0.798. The standard InChI is InChI=1S/C34H40O12/c1-8-11-22(37)25-29(41)16(12-18-31(43)23(20(35)9-2)26(38)14(4)33(18)45-6)28(40)17(30(25)42)13-19-32(44)24(21(36)10-3)27(39)15(5)34(19)46-7/h38-44H,8-13H2,1-7H3. The topological polar surface area (TPSA) is 211 Å². The molecule has 0 bridgehead atoms. The number of ketones is 3. The number of carbonyl (C=O) groups excluding carboxylic acids is 3. The van der Waals surface area contributed by atoms with Crippen molar-refractivity contribution in [1.29, 1.82) is 0 Å². The van der Waals surface area contributed by atoms with Gasteiger partial charge in [0.05, 0.1) is 14.2 Å². The summed E-state index contributed by atoms with van der Waals surface area (Å²) in [4.78, 5) is 38.6. The van der Waals surface area contributed by atoms with Gasteiger partial charge in [-0.25, -0.2) is 0 Å². The predicted octanol–water partition coefficient (Wildman–Crippen LogP) is 5.61. The summed E-state index contributed by atoms with van der Waals surface area (Å²) < 4.78 is 10.8. The van der Waals surface area contributed by atoms with Gasteiger partial charge in [-0.1, -0.05) is 20.8 Å². The molecular formula is C34H40O12. The molecule has 0 amide bonds. The lowest BCUT2D eigenvalue weighted by atomic mass is 9.87. The minimum Gasteiger partial charge on any atom is -0.507 e. The van der Waals surface area contributed by atoms with Crippen molar-refractivity contribution in [2.75, 3.05) is 14.2 Å². The Morgan fingerprint density at radius 3 is 1.13 bits per heavy atom. The lowest BCUT2D eigenvalue weighted by molar-refractivity contribution is 0.0969. The fourth-order valence-electron chi connectivity index (χ4n) is 5.67. The van der Waals surface area contributed by atoms with Crippen LogP contribution in [0.4, 0.5) is 0 Å². The molecule has 0 fully saturated rings. The van der Waals surface area contributed by atoms with E-state index < -0.39 is 87.1 Å². The molecule has 0 aliphatic rings. The number of aromatic hydroxyl groups is 7. The summed E-state index contributed by atoms with van der Waals surface area (Å²) in [5.41, 5.74) is -2.05. The van der Waals surface area contributed by atoms with Crippen molar-refractivity contribution in [2.45, 2.75) is 73.1 Å². The van der Waals surface area contributed by atoms with Crippen molar-refractivity contribution in [3.05, 3.63) is 50.1 Å². The highest BCUT2D eigenvalue weighted by molar-refractivity contribution is 6.04. The lowest BCUT2D eigenvalue weighted by Crippen LogP contribution is -2.09. The normalized spacial score (nSPS) is 11.0. The van der Waals surface area contributed by atoms with Crippen LogP contribution in [0.5, 0.6) is 51.7 Å². The van der Waals surface area contributed by atoms with Crippen LogP contribution < -0.4 is 9.47 Å². The largest absolute Gasteiger partial charge is 0.507 e. The first-order chi connectivity index (χ1) is 21.6. The van der Waals surface area contributed by atoms with Crippen LogP contribution in [0.25, 0.3) is 0 Å². The molecule has 0 radical (unpaired) electrons. The average molecular weight is 641 g/mol. The van der Waals surface area contributed by atoms with Crippen LogP contribution >= 0.6 is 0 Å². The van der Waals surface area contributed by atoms with E-state index in [0.717, 1.165) is 0 Å². The fourth-order valence-corrected chi connectivity index (χ4v) is 5.67. The van der Waals surface area contributed by atoms with Gasteiger partial charge in [0.15, 0.2) is 17.3 Å². The molecular weight excluding hydrogens is 600 g/mol. The first-order valence-corrected chi connectivity index (χ1v) is 14.7. The maximum absolute atomic E-state index is 13.2. The van der Waals surface area contributed by atoms with Gasteiger partial charge in [0, 0.05) is 65.5 Å². The van der Waals surface area contributed by atoms with Crippen LogP contribution in [0, 0.1) is 13.8 Å². The average Bonchev–Trinajstić information content (AvgIpc) is 3.02. The first-order valence-electron chi connectivity index (χ1n) is 14.7. The molecule has 0 spiro atoms. The Hall–Kier alpha value is -5.13. The van der Waals surface area contributed by atoms with Crippen LogP contribution in [0.2, 0.25) is 0 Å². The maximum Gasteiger partial charge on any atom is 0.170 e. The minimum absolute atomic E-state index is 0.0614. The molecule has 0 saturated carbocycles. The molecule has 0 aliphatic heterocycles. The lowest BCUT2D eigenvalue weighted by Gasteiger charge is -2.22. The number of hydrogen-bond donors (Lipinski definition) is 7. The molecule has 46 heavy (non-hydrogen) atoms. The summed E-state index contributed by atoms with van der Waals surface area (Å²) in [6.07, 6.45) is -0.992. The van der Waals surface area contributed by atoms with Gasteiger partial charge >= 0.3 is 0 Å². The third-order valence-corrected chi connectivity index (χ3v) is 8.15. The Kier molecular flexibility index (Phi) is 10.7. The Morgan fingerprint density at radius 2 is 0.826 bits per heavy atom. The smallest absolute Gasteiger partial charge is 0.170 e. The Balaban J connectivity index is 2.46. The molecule has 0 saturated heterocycles. The second-order valence-electron chi connectivity index (χ2n) is 10.9. The monoisotopic (exact) mass is 640 g/mol. The molecule has 0 aromatic heterocycles. The van der Waals surface area contributed by atoms with Crippen LogP contribution in [-0.2, 0) is 12.8 Å². The molecule has 3 aromatic carbocycles. The molecule has 0 aliphatic carbocycles. The summed E-state index contributed by atoms with van der Waals surface area (Å²) in [5.74, 6) is -6.68. The molecule has 0 heterocycles. The molecule has 3 aromatic rings. The summed E-state index contributed by atoms with van der Waals surface area (Å²) in [6.45, 7) is 7.66. The van der Waals surface area contributed by atoms with E-state index in [2.05, 4.69) is 0 Å². The summed E-state index contributed by atoms with van der Waals surface area (Å²) in [6, 6.07) is 0. The SMILES string of the molecule is CCCC(=O)c1c(O)c(Cc2c(O)c(C(=O)CC)c(O)c(C)c2OC)c(O)c(Cc2c(O)c(C(=O)CC)c(O)c(C)c2OC)c1O. The van der Waals surface area contributed by atoms with Gasteiger partial charge in [-0.15, -0.1) is 0 Å². The van der Waals surface area contributed by atoms with E-state index in [1.165, 1.54) is 41.9 Å². The van der Waals surface area contributed by atoms with E-state index in [1.807, 2.05) is 0 Å². The van der Waals surface area contributed by atoms with Gasteiger partial charge in [0.1, 0.15) is 68.4 Å². The van der Waals surface area contributed by atoms with E-state index in [9.17, 15) is 50.1 Å².